The van der Waals surface area contributed by atoms with Gasteiger partial charge in [0.25, 0.3) is 5.78 Å². The van der Waals surface area contributed by atoms with Gasteiger partial charge in [0.1, 0.15) is 17.3 Å². The van der Waals surface area contributed by atoms with Crippen LogP contribution < -0.4 is 9.64 Å². The summed E-state index contributed by atoms with van der Waals surface area (Å²) >= 11 is 1.11. The molecular formula is C27H21FN2O4S. The van der Waals surface area contributed by atoms with Crippen molar-refractivity contribution < 1.29 is 23.8 Å². The number of nitrogens with zero attached hydrogens (tertiary/aromatic N) is 2. The van der Waals surface area contributed by atoms with E-state index in [0.29, 0.717) is 33.7 Å². The molecule has 1 atom stereocenters. The fourth-order valence-electron chi connectivity index (χ4n) is 4.08. The number of ketones is 1. The number of benzene rings is 3. The van der Waals surface area contributed by atoms with Gasteiger partial charge in [0.15, 0.2) is 5.13 Å². The van der Waals surface area contributed by atoms with Crippen LogP contribution in [0.15, 0.2) is 78.4 Å². The summed E-state index contributed by atoms with van der Waals surface area (Å²) in [5.41, 5.74) is 1.47. The van der Waals surface area contributed by atoms with Gasteiger partial charge < -0.3 is 9.84 Å². The molecule has 6 nitrogen and oxygen atoms in total. The number of rotatable bonds is 6. The minimum Gasteiger partial charge on any atom is -0.507 e. The second-order valence-corrected chi connectivity index (χ2v) is 9.07. The molecule has 0 bridgehead atoms. The third kappa shape index (κ3) is 4.17. The van der Waals surface area contributed by atoms with Crippen molar-refractivity contribution in [3.63, 3.8) is 0 Å². The van der Waals surface area contributed by atoms with Gasteiger partial charge >= 0.3 is 5.91 Å². The van der Waals surface area contributed by atoms with Gasteiger partial charge in [0.2, 0.25) is 0 Å². The molecule has 1 fully saturated rings. The minimum absolute atomic E-state index is 0.0423. The number of ether oxygens (including phenoxy) is 1. The highest BCUT2D eigenvalue weighted by atomic mass is 32.1. The molecule has 1 unspecified atom stereocenters. The van der Waals surface area contributed by atoms with Gasteiger partial charge in [-0.05, 0) is 42.3 Å². The van der Waals surface area contributed by atoms with E-state index in [1.165, 1.54) is 23.1 Å². The molecule has 35 heavy (non-hydrogen) atoms. The maximum absolute atomic E-state index is 13.8. The van der Waals surface area contributed by atoms with Gasteiger partial charge in [-0.2, -0.15) is 0 Å². The molecule has 3 aromatic carbocycles. The maximum atomic E-state index is 13.8. The first-order chi connectivity index (χ1) is 17.0. The molecule has 4 aromatic rings. The van der Waals surface area contributed by atoms with Crippen LogP contribution >= 0.6 is 11.3 Å². The van der Waals surface area contributed by atoms with E-state index in [1.807, 2.05) is 6.92 Å². The predicted molar refractivity (Wildman–Crippen MR) is 133 cm³/mol. The minimum atomic E-state index is -0.939. The lowest BCUT2D eigenvalue weighted by Gasteiger charge is -2.23. The van der Waals surface area contributed by atoms with Crippen LogP contribution in [0.2, 0.25) is 0 Å². The van der Waals surface area contributed by atoms with Crippen LogP contribution in [-0.4, -0.2) is 28.4 Å². The lowest BCUT2D eigenvalue weighted by Crippen LogP contribution is -2.29. The largest absolute Gasteiger partial charge is 0.507 e. The van der Waals surface area contributed by atoms with E-state index < -0.39 is 23.5 Å². The number of halogens is 1. The first-order valence-electron chi connectivity index (χ1n) is 11.1. The summed E-state index contributed by atoms with van der Waals surface area (Å²) < 4.78 is 20.1. The van der Waals surface area contributed by atoms with Crippen LogP contribution in [-0.2, 0) is 9.59 Å². The SMILES string of the molecule is CCCOc1cccc(C2/C(=C(\O)c3ccccc3)C(=O)C(=O)N2c2nc3ccc(F)cc3s2)c1. The monoisotopic (exact) mass is 488 g/mol. The first-order valence-corrected chi connectivity index (χ1v) is 11.9. The quantitative estimate of drug-likeness (QED) is 0.209. The molecular weight excluding hydrogens is 467 g/mol. The lowest BCUT2D eigenvalue weighted by molar-refractivity contribution is -0.132. The summed E-state index contributed by atoms with van der Waals surface area (Å²) in [4.78, 5) is 32.4. The molecule has 1 saturated heterocycles. The summed E-state index contributed by atoms with van der Waals surface area (Å²) in [6.45, 7) is 2.51. The number of anilines is 1. The van der Waals surface area contributed by atoms with E-state index in [9.17, 15) is 19.1 Å². The summed E-state index contributed by atoms with van der Waals surface area (Å²) in [5.74, 6) is -1.74. The number of carbonyl (C=O) groups is 2. The maximum Gasteiger partial charge on any atom is 0.301 e. The molecule has 1 aliphatic rings. The number of aromatic nitrogens is 1. The number of aliphatic hydroxyl groups excluding tert-OH is 1. The van der Waals surface area contributed by atoms with Crippen molar-refractivity contribution in [1.82, 2.24) is 4.98 Å². The van der Waals surface area contributed by atoms with Crippen LogP contribution in [0.5, 0.6) is 5.75 Å². The lowest BCUT2D eigenvalue weighted by atomic mass is 9.95. The third-order valence-electron chi connectivity index (χ3n) is 5.68. The van der Waals surface area contributed by atoms with E-state index in [4.69, 9.17) is 4.74 Å². The molecule has 0 spiro atoms. The van der Waals surface area contributed by atoms with Gasteiger partial charge in [0.05, 0.1) is 28.4 Å². The fourth-order valence-corrected chi connectivity index (χ4v) is 5.10. The molecule has 1 aliphatic heterocycles. The van der Waals surface area contributed by atoms with Crippen LogP contribution in [0.4, 0.5) is 9.52 Å². The van der Waals surface area contributed by atoms with Crippen LogP contribution in [0.1, 0.15) is 30.5 Å². The Morgan fingerprint density at radius 2 is 1.89 bits per heavy atom. The van der Waals surface area contributed by atoms with E-state index in [-0.39, 0.29) is 16.5 Å². The number of amides is 1. The summed E-state index contributed by atoms with van der Waals surface area (Å²) in [6.07, 6.45) is 0.818. The van der Waals surface area contributed by atoms with Crippen molar-refractivity contribution >= 4 is 44.1 Å². The van der Waals surface area contributed by atoms with Crippen LogP contribution in [0.3, 0.4) is 0 Å². The Morgan fingerprint density at radius 3 is 2.66 bits per heavy atom. The van der Waals surface area contributed by atoms with Crippen molar-refractivity contribution in [2.45, 2.75) is 19.4 Å². The highest BCUT2D eigenvalue weighted by Gasteiger charge is 2.48. The van der Waals surface area contributed by atoms with Crippen molar-refractivity contribution in [1.29, 1.82) is 0 Å². The molecule has 0 aliphatic carbocycles. The number of aliphatic hydroxyl groups is 1. The van der Waals surface area contributed by atoms with E-state index in [2.05, 4.69) is 4.98 Å². The Morgan fingerprint density at radius 1 is 1.09 bits per heavy atom. The van der Waals surface area contributed by atoms with E-state index >= 15 is 0 Å². The molecule has 0 radical (unpaired) electrons. The number of Topliss-reactive ketones (excluding diaryl/α,β-unsaturated/α-hetero) is 1. The van der Waals surface area contributed by atoms with Crippen molar-refractivity contribution in [3.8, 4) is 5.75 Å². The molecule has 1 aromatic heterocycles. The number of carbonyl (C=O) groups excluding carboxylic acids is 2. The highest BCUT2D eigenvalue weighted by Crippen LogP contribution is 2.44. The third-order valence-corrected chi connectivity index (χ3v) is 6.70. The Kier molecular flexibility index (Phi) is 6.05. The Balaban J connectivity index is 1.70. The molecule has 176 valence electrons. The average molecular weight is 489 g/mol. The van der Waals surface area contributed by atoms with Crippen molar-refractivity contribution in [2.24, 2.45) is 0 Å². The zero-order valence-electron chi connectivity index (χ0n) is 18.8. The van der Waals surface area contributed by atoms with Crippen LogP contribution in [0, 0.1) is 5.82 Å². The Labute approximate surface area is 204 Å². The smallest absolute Gasteiger partial charge is 0.301 e. The number of fused-ring (bicyclic) bond motifs is 1. The summed E-state index contributed by atoms with van der Waals surface area (Å²) in [5, 5.41) is 11.4. The van der Waals surface area contributed by atoms with Gasteiger partial charge in [-0.3, -0.25) is 14.5 Å². The molecule has 1 N–H and O–H groups in total. The van der Waals surface area contributed by atoms with Gasteiger partial charge in [-0.1, -0.05) is 60.7 Å². The molecule has 2 heterocycles. The van der Waals surface area contributed by atoms with Gasteiger partial charge in [0, 0.05) is 5.56 Å². The highest BCUT2D eigenvalue weighted by molar-refractivity contribution is 7.22. The van der Waals surface area contributed by atoms with E-state index in [1.54, 1.807) is 54.6 Å². The topological polar surface area (TPSA) is 79.7 Å². The molecule has 0 saturated carbocycles. The number of thiazole rings is 1. The zero-order chi connectivity index (χ0) is 24.5. The molecule has 8 heteroatoms. The number of hydrogen-bond acceptors (Lipinski definition) is 6. The normalized spacial score (nSPS) is 17.3. The molecule has 1 amide bonds. The second kappa shape index (κ2) is 9.31. The summed E-state index contributed by atoms with van der Waals surface area (Å²) in [7, 11) is 0. The van der Waals surface area contributed by atoms with Gasteiger partial charge in [-0.25, -0.2) is 9.37 Å². The van der Waals surface area contributed by atoms with Crippen LogP contribution in [0.25, 0.3) is 16.0 Å². The summed E-state index contributed by atoms with van der Waals surface area (Å²) in [6, 6.07) is 18.9. The molecule has 5 rings (SSSR count). The number of hydrogen-bond donors (Lipinski definition) is 1. The van der Waals surface area contributed by atoms with Gasteiger partial charge in [-0.15, -0.1) is 0 Å². The zero-order valence-corrected chi connectivity index (χ0v) is 19.6. The fraction of sp³-hybridized carbons (Fsp3) is 0.148. The predicted octanol–water partition coefficient (Wildman–Crippen LogP) is 5.85. The average Bonchev–Trinajstić information content (AvgIpc) is 3.40. The second-order valence-electron chi connectivity index (χ2n) is 8.06. The van der Waals surface area contributed by atoms with Crippen molar-refractivity contribution in [2.75, 3.05) is 11.5 Å². The van der Waals surface area contributed by atoms with E-state index in [0.717, 1.165) is 17.8 Å². The Bertz CT molecular complexity index is 1460. The van der Waals surface area contributed by atoms with Crippen molar-refractivity contribution in [3.05, 3.63) is 95.3 Å². The first kappa shape index (κ1) is 22.7. The Hall–Kier alpha value is -4.04. The standard InChI is InChI=1S/C27H21FN2O4S/c1-2-13-34-19-10-6-9-17(14-19)23-22(24(31)16-7-4-3-5-8-16)25(32)26(33)30(23)27-29-20-12-11-18(28)15-21(20)35-27/h3-12,14-15,23,31H,2,13H2,1H3/b24-22+.